The van der Waals surface area contributed by atoms with E-state index in [1.165, 1.54) is 0 Å². The maximum absolute atomic E-state index is 9.97. The lowest BCUT2D eigenvalue weighted by molar-refractivity contribution is -0.0706. The Balaban J connectivity index is 2.49. The van der Waals surface area contributed by atoms with Crippen LogP contribution in [0.25, 0.3) is 0 Å². The number of ether oxygens (including phenoxy) is 1. The van der Waals surface area contributed by atoms with Crippen LogP contribution in [-0.2, 0) is 17.6 Å². The van der Waals surface area contributed by atoms with E-state index in [0.717, 1.165) is 25.0 Å². The van der Waals surface area contributed by atoms with Gasteiger partial charge in [-0.15, -0.1) is 0 Å². The summed E-state index contributed by atoms with van der Waals surface area (Å²) in [5, 5.41) is 27.8. The highest BCUT2D eigenvalue weighted by Gasteiger charge is 2.20. The number of hydrogen-bond acceptors (Lipinski definition) is 6. The Bertz CT molecular complexity index is 359. The summed E-state index contributed by atoms with van der Waals surface area (Å²) in [6.07, 6.45) is 5.14. The molecule has 0 radical (unpaired) electrons. The van der Waals surface area contributed by atoms with Crippen LogP contribution in [0.2, 0.25) is 0 Å². The van der Waals surface area contributed by atoms with Gasteiger partial charge in [0, 0.05) is 18.8 Å². The molecular weight excluding hydrogens is 260 g/mol. The number of aliphatic hydroxyl groups excluding tert-OH is 3. The molecule has 6 heteroatoms. The molecule has 0 spiro atoms. The molecule has 0 saturated carbocycles. The number of nitrogens with zero attached hydrogens (tertiary/aromatic N) is 2. The summed E-state index contributed by atoms with van der Waals surface area (Å²) in [6.45, 7) is 1.77. The summed E-state index contributed by atoms with van der Waals surface area (Å²) < 4.78 is 5.15. The number of aromatic nitrogens is 2. The topological polar surface area (TPSA) is 95.7 Å². The molecule has 0 saturated heterocycles. The van der Waals surface area contributed by atoms with E-state index in [9.17, 15) is 5.11 Å². The summed E-state index contributed by atoms with van der Waals surface area (Å²) in [4.78, 5) is 8.56. The summed E-state index contributed by atoms with van der Waals surface area (Å²) in [5.74, 6) is 0. The molecular formula is C14H24N2O4. The summed E-state index contributed by atoms with van der Waals surface area (Å²) in [7, 11) is 0. The van der Waals surface area contributed by atoms with Crippen LogP contribution in [0.4, 0.5) is 0 Å². The van der Waals surface area contributed by atoms with Crippen molar-refractivity contribution in [2.24, 2.45) is 0 Å². The monoisotopic (exact) mass is 284 g/mol. The predicted molar refractivity (Wildman–Crippen MR) is 74.3 cm³/mol. The van der Waals surface area contributed by atoms with E-state index in [4.69, 9.17) is 14.9 Å². The van der Waals surface area contributed by atoms with Crippen molar-refractivity contribution in [1.82, 2.24) is 9.97 Å². The molecule has 6 nitrogen and oxygen atoms in total. The van der Waals surface area contributed by atoms with Crippen molar-refractivity contribution in [2.45, 2.75) is 44.8 Å². The maximum Gasteiger partial charge on any atom is 0.107 e. The van der Waals surface area contributed by atoms with Gasteiger partial charge in [0.15, 0.2) is 0 Å². The third-order valence-electron chi connectivity index (χ3n) is 3.00. The zero-order chi connectivity index (χ0) is 14.8. The first kappa shape index (κ1) is 17.0. The zero-order valence-corrected chi connectivity index (χ0v) is 11.9. The highest BCUT2D eigenvalue weighted by Crippen LogP contribution is 2.07. The van der Waals surface area contributed by atoms with Gasteiger partial charge in [-0.1, -0.05) is 13.3 Å². The lowest BCUT2D eigenvalue weighted by atomic mass is 10.1. The second kappa shape index (κ2) is 9.77. The molecule has 2 atom stereocenters. The van der Waals surface area contributed by atoms with Gasteiger partial charge in [0.1, 0.15) is 6.10 Å². The van der Waals surface area contributed by atoms with E-state index in [1.54, 1.807) is 12.4 Å². The first-order valence-electron chi connectivity index (χ1n) is 7.02. The van der Waals surface area contributed by atoms with E-state index >= 15 is 0 Å². The van der Waals surface area contributed by atoms with Gasteiger partial charge >= 0.3 is 0 Å². The number of aliphatic hydroxyl groups is 3. The van der Waals surface area contributed by atoms with Crippen LogP contribution in [0.5, 0.6) is 0 Å². The van der Waals surface area contributed by atoms with E-state index in [2.05, 4.69) is 16.9 Å². The van der Waals surface area contributed by atoms with Crippen LogP contribution >= 0.6 is 0 Å². The lowest BCUT2D eigenvalue weighted by Crippen LogP contribution is -2.35. The average molecular weight is 284 g/mol. The quantitative estimate of drug-likeness (QED) is 0.563. The minimum atomic E-state index is -0.873. The standard InChI is InChI=1S/C14H24N2O4/c1-2-3-4-11-8-16-12(9-15-11)7-13(19)14(10-18)20-6-5-17/h8-9,13-14,17-19H,2-7,10H2,1H3/t13-,14+/m0/s1. The van der Waals surface area contributed by atoms with E-state index in [0.29, 0.717) is 5.69 Å². The van der Waals surface area contributed by atoms with Crippen molar-refractivity contribution in [1.29, 1.82) is 0 Å². The molecule has 0 aliphatic carbocycles. The van der Waals surface area contributed by atoms with E-state index < -0.39 is 12.2 Å². The molecule has 20 heavy (non-hydrogen) atoms. The third-order valence-corrected chi connectivity index (χ3v) is 3.00. The van der Waals surface area contributed by atoms with Crippen LogP contribution in [0.15, 0.2) is 12.4 Å². The molecule has 0 bridgehead atoms. The second-order valence-corrected chi connectivity index (χ2v) is 4.69. The Morgan fingerprint density at radius 2 is 1.90 bits per heavy atom. The number of aryl methyl sites for hydroxylation is 1. The van der Waals surface area contributed by atoms with Crippen LogP contribution in [-0.4, -0.2) is 57.3 Å². The van der Waals surface area contributed by atoms with Gasteiger partial charge in [0.25, 0.3) is 0 Å². The molecule has 0 aromatic carbocycles. The number of hydrogen-bond donors (Lipinski definition) is 3. The highest BCUT2D eigenvalue weighted by molar-refractivity contribution is 5.04. The van der Waals surface area contributed by atoms with Crippen LogP contribution in [0.1, 0.15) is 31.2 Å². The smallest absolute Gasteiger partial charge is 0.107 e. The van der Waals surface area contributed by atoms with Crippen molar-refractivity contribution in [3.05, 3.63) is 23.8 Å². The molecule has 1 aromatic rings. The van der Waals surface area contributed by atoms with E-state index in [1.807, 2.05) is 0 Å². The Morgan fingerprint density at radius 3 is 2.45 bits per heavy atom. The average Bonchev–Trinajstić information content (AvgIpc) is 2.47. The second-order valence-electron chi connectivity index (χ2n) is 4.69. The fourth-order valence-electron chi connectivity index (χ4n) is 1.81. The fraction of sp³-hybridized carbons (Fsp3) is 0.714. The summed E-state index contributed by atoms with van der Waals surface area (Å²) >= 11 is 0. The lowest BCUT2D eigenvalue weighted by Gasteiger charge is -2.20. The Kier molecular flexibility index (Phi) is 8.29. The maximum atomic E-state index is 9.97. The van der Waals surface area contributed by atoms with Crippen LogP contribution in [0, 0.1) is 0 Å². The molecule has 0 fully saturated rings. The molecule has 0 aliphatic rings. The SMILES string of the molecule is CCCCc1cnc(C[C@H](O)[C@@H](CO)OCCO)cn1. The molecule has 1 heterocycles. The van der Waals surface area contributed by atoms with Crippen molar-refractivity contribution in [3.8, 4) is 0 Å². The van der Waals surface area contributed by atoms with Gasteiger partial charge in [0.2, 0.25) is 0 Å². The van der Waals surface area contributed by atoms with Crippen molar-refractivity contribution >= 4 is 0 Å². The normalized spacial score (nSPS) is 14.2. The summed E-state index contributed by atoms with van der Waals surface area (Å²) in [6, 6.07) is 0. The predicted octanol–water partition coefficient (Wildman–Crippen LogP) is 0.0924. The molecule has 0 unspecified atom stereocenters. The zero-order valence-electron chi connectivity index (χ0n) is 11.9. The van der Waals surface area contributed by atoms with Gasteiger partial charge in [0.05, 0.1) is 37.3 Å². The number of unbranched alkanes of at least 4 members (excludes halogenated alkanes) is 1. The number of rotatable bonds is 10. The van der Waals surface area contributed by atoms with Gasteiger partial charge in [-0.05, 0) is 12.8 Å². The fourth-order valence-corrected chi connectivity index (χ4v) is 1.81. The van der Waals surface area contributed by atoms with Crippen molar-refractivity contribution < 1.29 is 20.1 Å². The summed E-state index contributed by atoms with van der Waals surface area (Å²) in [5.41, 5.74) is 1.60. The Morgan fingerprint density at radius 1 is 1.20 bits per heavy atom. The Labute approximate surface area is 119 Å². The molecule has 0 aliphatic heterocycles. The van der Waals surface area contributed by atoms with Gasteiger partial charge in [-0.2, -0.15) is 0 Å². The molecule has 0 amide bonds. The largest absolute Gasteiger partial charge is 0.394 e. The van der Waals surface area contributed by atoms with Gasteiger partial charge in [-0.3, -0.25) is 9.97 Å². The van der Waals surface area contributed by atoms with Crippen molar-refractivity contribution in [3.63, 3.8) is 0 Å². The molecule has 1 aromatic heterocycles. The van der Waals surface area contributed by atoms with E-state index in [-0.39, 0.29) is 26.2 Å². The first-order valence-corrected chi connectivity index (χ1v) is 7.02. The van der Waals surface area contributed by atoms with Gasteiger partial charge < -0.3 is 20.1 Å². The molecule has 114 valence electrons. The van der Waals surface area contributed by atoms with Crippen molar-refractivity contribution in [2.75, 3.05) is 19.8 Å². The minimum Gasteiger partial charge on any atom is -0.394 e. The van der Waals surface area contributed by atoms with Crippen LogP contribution in [0.3, 0.4) is 0 Å². The van der Waals surface area contributed by atoms with Crippen LogP contribution < -0.4 is 0 Å². The van der Waals surface area contributed by atoms with Gasteiger partial charge in [-0.25, -0.2) is 0 Å². The highest BCUT2D eigenvalue weighted by atomic mass is 16.5. The first-order chi connectivity index (χ1) is 9.71. The molecule has 3 N–H and O–H groups in total. The third kappa shape index (κ3) is 5.92. The Hall–Kier alpha value is -1.08. The molecule has 1 rings (SSSR count). The minimum absolute atomic E-state index is 0.0872.